The zero-order valence-electron chi connectivity index (χ0n) is 24.8. The summed E-state index contributed by atoms with van der Waals surface area (Å²) < 4.78 is 23.1. The summed E-state index contributed by atoms with van der Waals surface area (Å²) in [6.45, 7) is 3.08. The Hall–Kier alpha value is -2.85. The number of fused-ring (bicyclic) bond motifs is 3. The van der Waals surface area contributed by atoms with E-state index < -0.39 is 83.5 Å². The predicted octanol–water partition coefficient (Wildman–Crippen LogP) is 0.588. The SMILES string of the molecule is COc1cccc2c1C(=O)c1c(O)c3c(c(O)c1C2=O)CC(O)(C(O)CO)CC3OC1CC(N2CCOCC2)C(O)C(C)O1.Cl. The van der Waals surface area contributed by atoms with Gasteiger partial charge < -0.3 is 49.6 Å². The van der Waals surface area contributed by atoms with Crippen molar-refractivity contribution in [3.8, 4) is 17.2 Å². The summed E-state index contributed by atoms with van der Waals surface area (Å²) in [5.41, 5.74) is -3.14. The number of aliphatic hydroxyl groups excluding tert-OH is 3. The lowest BCUT2D eigenvalue weighted by Crippen LogP contribution is -2.58. The summed E-state index contributed by atoms with van der Waals surface area (Å²) in [5.74, 6) is -2.60. The molecular formula is C31H38ClNO12. The van der Waals surface area contributed by atoms with Crippen molar-refractivity contribution >= 4 is 24.0 Å². The summed E-state index contributed by atoms with van der Waals surface area (Å²) in [6.07, 6.45) is -5.99. The van der Waals surface area contributed by atoms with E-state index in [2.05, 4.69) is 4.90 Å². The van der Waals surface area contributed by atoms with Gasteiger partial charge in [-0.05, 0) is 13.0 Å². The third-order valence-electron chi connectivity index (χ3n) is 9.40. The van der Waals surface area contributed by atoms with E-state index in [4.69, 9.17) is 18.9 Å². The monoisotopic (exact) mass is 651 g/mol. The second-order valence-electron chi connectivity index (χ2n) is 11.9. The van der Waals surface area contributed by atoms with Crippen LogP contribution in [0.5, 0.6) is 17.2 Å². The quantitative estimate of drug-likeness (QED) is 0.203. The fourth-order valence-electron chi connectivity index (χ4n) is 7.06. The fraction of sp³-hybridized carbons (Fsp3) is 0.548. The van der Waals surface area contributed by atoms with E-state index in [0.29, 0.717) is 26.3 Å². The van der Waals surface area contributed by atoms with Crippen LogP contribution < -0.4 is 4.74 Å². The lowest BCUT2D eigenvalue weighted by molar-refractivity contribution is -0.263. The van der Waals surface area contributed by atoms with Crippen molar-refractivity contribution in [1.29, 1.82) is 0 Å². The molecule has 246 valence electrons. The standard InChI is InChI=1S/C31H37NO12.ClH/c1-14-26(35)17(32-6-8-42-9-7-32)10-21(43-14)44-19-12-31(40,20(34)13-33)11-16-23(19)30(39)25-24(28(16)37)27(36)15-4-3-5-18(41-2)22(15)29(25)38;/h3-5,14,17,19-21,26,33-35,37,39-40H,6-13H2,1-2H3;1H. The van der Waals surface area contributed by atoms with E-state index in [1.54, 1.807) is 6.92 Å². The van der Waals surface area contributed by atoms with Gasteiger partial charge in [-0.2, -0.15) is 0 Å². The minimum Gasteiger partial charge on any atom is -0.507 e. The molecule has 0 radical (unpaired) electrons. The van der Waals surface area contributed by atoms with Gasteiger partial charge in [-0.1, -0.05) is 12.1 Å². The third kappa shape index (κ3) is 5.49. The minimum absolute atomic E-state index is 0. The van der Waals surface area contributed by atoms with E-state index >= 15 is 0 Å². The van der Waals surface area contributed by atoms with Crippen LogP contribution in [0.15, 0.2) is 18.2 Å². The number of methoxy groups -OCH3 is 1. The van der Waals surface area contributed by atoms with E-state index in [1.165, 1.54) is 25.3 Å². The van der Waals surface area contributed by atoms with Crippen molar-refractivity contribution in [3.63, 3.8) is 0 Å². The van der Waals surface area contributed by atoms with Gasteiger partial charge in [-0.3, -0.25) is 14.5 Å². The molecule has 2 fully saturated rings. The Bertz CT molecular complexity index is 1480. The first kappa shape index (κ1) is 33.5. The van der Waals surface area contributed by atoms with E-state index in [1.807, 2.05) is 0 Å². The molecule has 2 aromatic carbocycles. The fourth-order valence-corrected chi connectivity index (χ4v) is 7.06. The molecule has 6 rings (SSSR count). The van der Waals surface area contributed by atoms with Gasteiger partial charge in [0, 0.05) is 55.1 Å². The number of ketones is 2. The third-order valence-corrected chi connectivity index (χ3v) is 9.40. The average molecular weight is 652 g/mol. The molecule has 2 aliphatic carbocycles. The maximum Gasteiger partial charge on any atom is 0.202 e. The number of nitrogens with zero attached hydrogens (tertiary/aromatic N) is 1. The highest BCUT2D eigenvalue weighted by molar-refractivity contribution is 6.31. The number of aromatic hydroxyl groups is 2. The molecule has 2 aliphatic heterocycles. The van der Waals surface area contributed by atoms with Crippen molar-refractivity contribution in [2.24, 2.45) is 0 Å². The van der Waals surface area contributed by atoms with Gasteiger partial charge in [0.1, 0.15) is 23.4 Å². The molecule has 4 aliphatic rings. The number of morpholine rings is 1. The van der Waals surface area contributed by atoms with Crippen LogP contribution in [0.4, 0.5) is 0 Å². The Morgan fingerprint density at radius 2 is 1.78 bits per heavy atom. The minimum atomic E-state index is -2.04. The Morgan fingerprint density at radius 3 is 2.44 bits per heavy atom. The number of carbonyl (C=O) groups is 2. The maximum atomic E-state index is 13.8. The van der Waals surface area contributed by atoms with E-state index in [-0.39, 0.29) is 59.3 Å². The number of aliphatic hydroxyl groups is 4. The highest BCUT2D eigenvalue weighted by Crippen LogP contribution is 2.53. The van der Waals surface area contributed by atoms with Crippen molar-refractivity contribution in [3.05, 3.63) is 51.6 Å². The Morgan fingerprint density at radius 1 is 1.09 bits per heavy atom. The van der Waals surface area contributed by atoms with Gasteiger partial charge in [0.2, 0.25) is 5.78 Å². The van der Waals surface area contributed by atoms with Crippen LogP contribution in [0.1, 0.15) is 68.8 Å². The number of benzene rings is 2. The van der Waals surface area contributed by atoms with Gasteiger partial charge in [0.05, 0.1) is 67.5 Å². The number of phenols is 2. The molecule has 0 saturated carbocycles. The van der Waals surface area contributed by atoms with Gasteiger partial charge >= 0.3 is 0 Å². The van der Waals surface area contributed by atoms with Crippen LogP contribution in [0.25, 0.3) is 0 Å². The van der Waals surface area contributed by atoms with Gasteiger partial charge in [-0.15, -0.1) is 12.4 Å². The molecule has 0 bridgehead atoms. The number of phenolic OH excluding ortho intramolecular Hbond substituents is 2. The second kappa shape index (κ2) is 12.7. The summed E-state index contributed by atoms with van der Waals surface area (Å²) in [7, 11) is 1.34. The van der Waals surface area contributed by atoms with Crippen molar-refractivity contribution in [2.75, 3.05) is 40.0 Å². The molecule has 14 heteroatoms. The molecule has 13 nitrogen and oxygen atoms in total. The lowest BCUT2D eigenvalue weighted by atomic mass is 9.71. The Balaban J connectivity index is 0.00000400. The highest BCUT2D eigenvalue weighted by atomic mass is 35.5. The number of carbonyl (C=O) groups excluding carboxylic acids is 2. The van der Waals surface area contributed by atoms with E-state index in [9.17, 15) is 40.2 Å². The summed E-state index contributed by atoms with van der Waals surface area (Å²) >= 11 is 0. The van der Waals surface area contributed by atoms with E-state index in [0.717, 1.165) is 0 Å². The summed E-state index contributed by atoms with van der Waals surface area (Å²) in [6, 6.07) is 4.09. The lowest BCUT2D eigenvalue weighted by Gasteiger charge is -2.46. The molecule has 0 spiro atoms. The zero-order valence-corrected chi connectivity index (χ0v) is 25.7. The van der Waals surface area contributed by atoms with Crippen molar-refractivity contribution in [2.45, 2.75) is 68.5 Å². The van der Waals surface area contributed by atoms with Crippen LogP contribution in [0, 0.1) is 0 Å². The highest BCUT2D eigenvalue weighted by Gasteiger charge is 2.50. The average Bonchev–Trinajstić information content (AvgIpc) is 3.02. The smallest absolute Gasteiger partial charge is 0.202 e. The number of hydrogen-bond donors (Lipinski definition) is 6. The molecule has 2 heterocycles. The van der Waals surface area contributed by atoms with Crippen LogP contribution in [-0.2, 0) is 20.6 Å². The largest absolute Gasteiger partial charge is 0.507 e. The molecule has 0 aromatic heterocycles. The van der Waals surface area contributed by atoms with Crippen LogP contribution in [-0.4, -0.2) is 123 Å². The predicted molar refractivity (Wildman–Crippen MR) is 158 cm³/mol. The molecule has 7 atom stereocenters. The molecule has 2 saturated heterocycles. The zero-order chi connectivity index (χ0) is 31.5. The number of halogens is 1. The Labute approximate surface area is 265 Å². The topological polar surface area (TPSA) is 196 Å². The van der Waals surface area contributed by atoms with Gasteiger partial charge in [0.15, 0.2) is 12.1 Å². The molecule has 6 N–H and O–H groups in total. The number of rotatable bonds is 6. The van der Waals surface area contributed by atoms with Crippen molar-refractivity contribution in [1.82, 2.24) is 4.90 Å². The first-order chi connectivity index (χ1) is 21.0. The normalized spacial score (nSPS) is 30.5. The Kier molecular flexibility index (Phi) is 9.49. The first-order valence-electron chi connectivity index (χ1n) is 14.7. The number of hydrogen-bond acceptors (Lipinski definition) is 13. The second-order valence-corrected chi connectivity index (χ2v) is 11.9. The maximum absolute atomic E-state index is 13.8. The van der Waals surface area contributed by atoms with Gasteiger partial charge in [0.25, 0.3) is 0 Å². The van der Waals surface area contributed by atoms with Crippen molar-refractivity contribution < 1.29 is 59.2 Å². The molecule has 0 amide bonds. The number of ether oxygens (including phenoxy) is 4. The molecule has 45 heavy (non-hydrogen) atoms. The van der Waals surface area contributed by atoms with Crippen LogP contribution in [0.3, 0.4) is 0 Å². The summed E-state index contributed by atoms with van der Waals surface area (Å²) in [4.78, 5) is 29.6. The molecule has 2 aromatic rings. The van der Waals surface area contributed by atoms with Gasteiger partial charge in [-0.25, -0.2) is 0 Å². The van der Waals surface area contributed by atoms with Crippen LogP contribution in [0.2, 0.25) is 0 Å². The summed E-state index contributed by atoms with van der Waals surface area (Å²) in [5, 5.41) is 66.1. The van der Waals surface area contributed by atoms with Crippen LogP contribution >= 0.6 is 12.4 Å². The molecule has 7 unspecified atom stereocenters. The molecular weight excluding hydrogens is 614 g/mol. The first-order valence-corrected chi connectivity index (χ1v) is 14.7.